The van der Waals surface area contributed by atoms with Crippen molar-refractivity contribution < 1.29 is 14.3 Å². The van der Waals surface area contributed by atoms with Crippen LogP contribution in [0.15, 0.2) is 47.1 Å². The van der Waals surface area contributed by atoms with Crippen LogP contribution in [-0.4, -0.2) is 43.7 Å². The summed E-state index contributed by atoms with van der Waals surface area (Å²) in [5, 5.41) is 0. The molecule has 0 aromatic heterocycles. The second-order valence-corrected chi connectivity index (χ2v) is 10.7. The zero-order valence-electron chi connectivity index (χ0n) is 19.7. The summed E-state index contributed by atoms with van der Waals surface area (Å²) >= 11 is 0. The van der Waals surface area contributed by atoms with Crippen molar-refractivity contribution >= 4 is 11.6 Å². The molecule has 0 saturated heterocycles. The van der Waals surface area contributed by atoms with E-state index in [9.17, 15) is 9.59 Å². The molecule has 0 radical (unpaired) electrons. The molecule has 4 nitrogen and oxygen atoms in total. The maximum atomic E-state index is 13.0. The quantitative estimate of drug-likeness (QED) is 0.648. The van der Waals surface area contributed by atoms with Crippen LogP contribution >= 0.6 is 0 Å². The van der Waals surface area contributed by atoms with Crippen LogP contribution in [0.2, 0.25) is 0 Å². The van der Waals surface area contributed by atoms with E-state index < -0.39 is 0 Å². The van der Waals surface area contributed by atoms with E-state index in [4.69, 9.17) is 4.74 Å². The molecule has 0 heterocycles. The molecule has 0 spiro atoms. The number of carbonyl (C=O) groups is 2. The van der Waals surface area contributed by atoms with Crippen molar-refractivity contribution in [3.8, 4) is 5.75 Å². The number of ketones is 2. The largest absolute Gasteiger partial charge is 0.492 e. The Kier molecular flexibility index (Phi) is 5.61. The molecule has 2 saturated carbocycles. The van der Waals surface area contributed by atoms with Gasteiger partial charge < -0.3 is 9.64 Å². The van der Waals surface area contributed by atoms with E-state index in [1.54, 1.807) is 5.57 Å². The van der Waals surface area contributed by atoms with E-state index >= 15 is 0 Å². The summed E-state index contributed by atoms with van der Waals surface area (Å²) < 4.78 is 5.92. The van der Waals surface area contributed by atoms with Gasteiger partial charge in [-0.3, -0.25) is 9.59 Å². The van der Waals surface area contributed by atoms with Gasteiger partial charge in [-0.15, -0.1) is 0 Å². The van der Waals surface area contributed by atoms with Crippen molar-refractivity contribution in [2.24, 2.45) is 17.3 Å². The first-order valence-corrected chi connectivity index (χ1v) is 12.2. The molecular formula is C28H35NO3. The molecule has 1 aromatic carbocycles. The fourth-order valence-electron chi connectivity index (χ4n) is 6.87. The number of hydrogen-bond acceptors (Lipinski definition) is 4. The average Bonchev–Trinajstić information content (AvgIpc) is 3.07. The van der Waals surface area contributed by atoms with E-state index in [-0.39, 0.29) is 17.1 Å². The molecule has 2 fully saturated rings. The molecule has 0 N–H and O–H groups in total. The Balaban J connectivity index is 1.51. The van der Waals surface area contributed by atoms with Crippen molar-refractivity contribution in [2.75, 3.05) is 27.2 Å². The van der Waals surface area contributed by atoms with Crippen LogP contribution < -0.4 is 4.74 Å². The molecule has 4 atom stereocenters. The van der Waals surface area contributed by atoms with Gasteiger partial charge in [0.05, 0.1) is 0 Å². The lowest BCUT2D eigenvalue weighted by molar-refractivity contribution is -0.128. The first-order chi connectivity index (χ1) is 15.4. The predicted molar refractivity (Wildman–Crippen MR) is 126 cm³/mol. The van der Waals surface area contributed by atoms with Crippen LogP contribution in [0.3, 0.4) is 0 Å². The van der Waals surface area contributed by atoms with Crippen LogP contribution in [0.5, 0.6) is 5.75 Å². The molecule has 0 aliphatic heterocycles. The number of fused-ring (bicyclic) bond motifs is 4. The van der Waals surface area contributed by atoms with Gasteiger partial charge in [0.15, 0.2) is 5.78 Å². The fraction of sp³-hybridized carbons (Fsp3) is 0.571. The highest BCUT2D eigenvalue weighted by atomic mass is 16.5. The van der Waals surface area contributed by atoms with Gasteiger partial charge in [-0.2, -0.15) is 0 Å². The number of nitrogens with zero attached hydrogens (tertiary/aromatic N) is 1. The van der Waals surface area contributed by atoms with E-state index in [2.05, 4.69) is 36.1 Å². The van der Waals surface area contributed by atoms with E-state index in [1.165, 1.54) is 16.7 Å². The highest BCUT2D eigenvalue weighted by Gasteiger charge is 2.56. The van der Waals surface area contributed by atoms with Crippen LogP contribution in [0.4, 0.5) is 0 Å². The van der Waals surface area contributed by atoms with Gasteiger partial charge in [-0.25, -0.2) is 0 Å². The average molecular weight is 434 g/mol. The van der Waals surface area contributed by atoms with Gasteiger partial charge in [-0.05, 0) is 93.0 Å². The Labute approximate surface area is 191 Å². The Morgan fingerprint density at radius 2 is 1.81 bits per heavy atom. The maximum absolute atomic E-state index is 13.0. The Hall–Kier alpha value is -2.20. The number of Topliss-reactive ketones (excluding diaryl/α,β-unsaturated/α-hetero) is 1. The number of likely N-dealkylation sites (N-methyl/N-ethyl adjacent to an activating group) is 1. The lowest BCUT2D eigenvalue weighted by Crippen LogP contribution is -2.43. The monoisotopic (exact) mass is 433 g/mol. The third kappa shape index (κ3) is 3.67. The highest BCUT2D eigenvalue weighted by molar-refractivity contribution is 5.93. The fourth-order valence-corrected chi connectivity index (χ4v) is 6.87. The highest BCUT2D eigenvalue weighted by Crippen LogP contribution is 2.62. The number of hydrogen-bond donors (Lipinski definition) is 0. The first kappa shape index (κ1) is 21.6. The van der Waals surface area contributed by atoms with Crippen molar-refractivity contribution in [1.82, 2.24) is 4.90 Å². The second-order valence-electron chi connectivity index (χ2n) is 10.7. The van der Waals surface area contributed by atoms with E-state index in [0.717, 1.165) is 50.8 Å². The van der Waals surface area contributed by atoms with E-state index in [0.29, 0.717) is 30.6 Å². The van der Waals surface area contributed by atoms with Gasteiger partial charge in [0.25, 0.3) is 0 Å². The van der Waals surface area contributed by atoms with Crippen molar-refractivity contribution in [3.05, 3.63) is 52.6 Å². The van der Waals surface area contributed by atoms with Crippen molar-refractivity contribution in [1.29, 1.82) is 0 Å². The summed E-state index contributed by atoms with van der Waals surface area (Å²) in [6.07, 6.45) is 8.13. The molecule has 4 aliphatic rings. The summed E-state index contributed by atoms with van der Waals surface area (Å²) in [5.74, 6) is 2.82. The first-order valence-electron chi connectivity index (χ1n) is 12.2. The predicted octanol–water partition coefficient (Wildman–Crippen LogP) is 5.10. The minimum absolute atomic E-state index is 0.216. The number of allylic oxidation sites excluding steroid dienone is 4. The molecule has 32 heavy (non-hydrogen) atoms. The normalized spacial score (nSPS) is 31.9. The second kappa shape index (κ2) is 8.30. The van der Waals surface area contributed by atoms with Crippen molar-refractivity contribution in [2.45, 2.75) is 57.8 Å². The van der Waals surface area contributed by atoms with Crippen LogP contribution in [0.1, 0.15) is 63.4 Å². The van der Waals surface area contributed by atoms with Gasteiger partial charge in [0.1, 0.15) is 18.1 Å². The number of rotatable bonds is 5. The molecule has 170 valence electrons. The number of carbonyl (C=O) groups excluding carboxylic acids is 2. The molecule has 4 heteroatoms. The minimum atomic E-state index is -0.216. The molecule has 5 rings (SSSR count). The summed E-state index contributed by atoms with van der Waals surface area (Å²) in [7, 11) is 4.09. The smallest absolute Gasteiger partial charge is 0.156 e. The zero-order chi connectivity index (χ0) is 22.5. The summed E-state index contributed by atoms with van der Waals surface area (Å²) in [6, 6.07) is 8.57. The van der Waals surface area contributed by atoms with Gasteiger partial charge in [0.2, 0.25) is 0 Å². The Morgan fingerprint density at radius 3 is 2.56 bits per heavy atom. The number of benzene rings is 1. The molecule has 4 aliphatic carbocycles. The van der Waals surface area contributed by atoms with Gasteiger partial charge in [-0.1, -0.05) is 24.6 Å². The lowest BCUT2D eigenvalue weighted by atomic mass is 9.53. The number of ether oxygens (including phenoxy) is 1. The van der Waals surface area contributed by atoms with Gasteiger partial charge in [0, 0.05) is 30.7 Å². The topological polar surface area (TPSA) is 46.6 Å². The van der Waals surface area contributed by atoms with Crippen LogP contribution in [0, 0.1) is 17.3 Å². The Bertz CT molecular complexity index is 986. The summed E-state index contributed by atoms with van der Waals surface area (Å²) in [6.45, 7) is 3.79. The minimum Gasteiger partial charge on any atom is -0.492 e. The molecule has 0 amide bonds. The molecular weight excluding hydrogens is 398 g/mol. The zero-order valence-corrected chi connectivity index (χ0v) is 19.7. The SMILES string of the molecule is CN(C)CCOc1ccc([C@@H]2C[C@]3(C)C(=O)CC[C@H]3[C@@H]3CCC4=CC(=O)CCC4=C23)cc1. The standard InChI is InChI=1S/C28H35NO3/c1-28-17-24(18-4-8-21(9-5-18)32-15-14-29(2)3)27-22-11-7-20(30)16-19(22)6-10-23(27)25(28)12-13-26(28)31/h4-5,8-9,16,23-25H,6-7,10-15,17H2,1-3H3/t23-,24-,25-,28-/m0/s1. The van der Waals surface area contributed by atoms with Gasteiger partial charge >= 0.3 is 0 Å². The maximum Gasteiger partial charge on any atom is 0.156 e. The third-order valence-corrected chi connectivity index (χ3v) is 8.53. The molecule has 0 bridgehead atoms. The lowest BCUT2D eigenvalue weighted by Gasteiger charge is -2.50. The van der Waals surface area contributed by atoms with Crippen LogP contribution in [-0.2, 0) is 9.59 Å². The van der Waals surface area contributed by atoms with Crippen LogP contribution in [0.25, 0.3) is 0 Å². The van der Waals surface area contributed by atoms with E-state index in [1.807, 2.05) is 20.2 Å². The summed E-state index contributed by atoms with van der Waals surface area (Å²) in [4.78, 5) is 27.3. The van der Waals surface area contributed by atoms with Crippen molar-refractivity contribution in [3.63, 3.8) is 0 Å². The Morgan fingerprint density at radius 1 is 1.03 bits per heavy atom. The third-order valence-electron chi connectivity index (χ3n) is 8.53. The molecule has 1 aromatic rings. The summed E-state index contributed by atoms with van der Waals surface area (Å²) in [5.41, 5.74) is 5.34. The molecule has 0 unspecified atom stereocenters.